The number of thiol groups is 1. The number of carbonyl (C=O) groups is 9. The largest absolute Gasteiger partial charge is 0.480 e. The number of carbonyl (C=O) groups excluding carboxylic acids is 8. The van der Waals surface area contributed by atoms with E-state index in [1.165, 1.54) is 30.5 Å². The van der Waals surface area contributed by atoms with Gasteiger partial charge >= 0.3 is 5.97 Å². The lowest BCUT2D eigenvalue weighted by Gasteiger charge is -2.33. The summed E-state index contributed by atoms with van der Waals surface area (Å²) in [5.41, 5.74) is 16.6. The topological polar surface area (TPSA) is 372 Å². The normalized spacial score (nSPS) is 17.6. The quantitative estimate of drug-likeness (QED) is 0.0155. The molecule has 1 fully saturated rings. The number of nitrogens with one attached hydrogen (secondary N) is 7. The zero-order valence-corrected chi connectivity index (χ0v) is 42.5. The SMILES string of the molecule is CSCC[C@H](NC(=O)[C@@H]1CCCN1C(=O)[C@@H](NC(=O)[C@H](CC(C)C)NC(=O)[C@@H](NC(=O)[C@H](CS)NC(=O)[C@@H](N)CC(C)C)[C@@H](C)O)C(C)C)C(=O)N[C@@H](C)C(=O)N[C@@H](CCCN=C(N)N)C(=O)O. The van der Waals surface area contributed by atoms with Crippen LogP contribution in [-0.2, 0) is 43.2 Å². The zero-order chi connectivity index (χ0) is 52.0. The lowest BCUT2D eigenvalue weighted by Crippen LogP contribution is -2.62. The molecule has 0 radical (unpaired) electrons. The first-order valence-corrected chi connectivity index (χ1v) is 25.0. The Hall–Kier alpha value is -4.88. The molecule has 23 nitrogen and oxygen atoms in total. The van der Waals surface area contributed by atoms with Gasteiger partial charge in [-0.1, -0.05) is 41.5 Å². The number of aliphatic hydroxyl groups is 1. The van der Waals surface area contributed by atoms with Gasteiger partial charge in [0, 0.05) is 18.8 Å². The Balaban J connectivity index is 3.19. The maximum absolute atomic E-state index is 14.3. The first kappa shape index (κ1) is 61.1. The van der Waals surface area contributed by atoms with Crippen molar-refractivity contribution >= 4 is 83.6 Å². The van der Waals surface area contributed by atoms with Crippen molar-refractivity contribution in [1.82, 2.24) is 42.1 Å². The molecule has 15 N–H and O–H groups in total. The van der Waals surface area contributed by atoms with Gasteiger partial charge in [-0.2, -0.15) is 24.4 Å². The van der Waals surface area contributed by atoms with E-state index in [2.05, 4.69) is 54.8 Å². The van der Waals surface area contributed by atoms with Gasteiger partial charge in [-0.3, -0.25) is 43.3 Å². The highest BCUT2D eigenvalue weighted by Crippen LogP contribution is 2.22. The van der Waals surface area contributed by atoms with Crippen LogP contribution >= 0.6 is 24.4 Å². The molecular weight excluding hydrogens is 925 g/mol. The van der Waals surface area contributed by atoms with Crippen molar-refractivity contribution in [2.45, 2.75) is 161 Å². The van der Waals surface area contributed by atoms with Crippen LogP contribution < -0.4 is 54.4 Å². The summed E-state index contributed by atoms with van der Waals surface area (Å²) in [7, 11) is 0. The van der Waals surface area contributed by atoms with E-state index in [1.807, 2.05) is 13.8 Å². The van der Waals surface area contributed by atoms with Gasteiger partial charge in [-0.25, -0.2) is 4.79 Å². The fraction of sp³-hybridized carbons (Fsp3) is 0.767. The standard InChI is InChI=1S/C43H78N12O11S2/c1-21(2)18-26(44)35(58)52-30(20-67)38(61)54-33(25(8)56)40(63)51-29(19-22(3)4)37(60)53-32(23(5)6)41(64)55-16-11-13-31(55)39(62)49-27(14-17-68-9)36(59)48-24(7)34(57)50-28(42(65)66)12-10-15-47-43(45)46/h21-33,56,67H,10-20,44H2,1-9H3,(H,48,59)(H,49,62)(H,50,57)(H,51,63)(H,52,58)(H,53,60)(H,54,61)(H,65,66)(H4,45,46,47)/t24-,25+,26-,27-,28-,29-,30-,31-,32-,33-/m0/s1. The van der Waals surface area contributed by atoms with Gasteiger partial charge in [0.2, 0.25) is 47.3 Å². The molecule has 0 spiro atoms. The van der Waals surface area contributed by atoms with Crippen LogP contribution in [0.5, 0.6) is 0 Å². The monoisotopic (exact) mass is 1000 g/mol. The Morgan fingerprint density at radius 1 is 0.706 bits per heavy atom. The molecule has 0 aliphatic carbocycles. The van der Waals surface area contributed by atoms with Crippen molar-refractivity contribution in [3.63, 3.8) is 0 Å². The summed E-state index contributed by atoms with van der Waals surface area (Å²) in [6.45, 7) is 13.7. The van der Waals surface area contributed by atoms with Gasteiger partial charge in [0.05, 0.1) is 12.1 Å². The van der Waals surface area contributed by atoms with E-state index in [1.54, 1.807) is 34.0 Å². The minimum absolute atomic E-state index is 0.0143. The molecule has 388 valence electrons. The lowest BCUT2D eigenvalue weighted by molar-refractivity contribution is -0.143. The summed E-state index contributed by atoms with van der Waals surface area (Å²) in [4.78, 5) is 125. The summed E-state index contributed by atoms with van der Waals surface area (Å²) >= 11 is 5.58. The van der Waals surface area contributed by atoms with Gasteiger partial charge in [-0.05, 0) is 88.6 Å². The molecule has 0 unspecified atom stereocenters. The number of carboxylic acids is 1. The van der Waals surface area contributed by atoms with E-state index >= 15 is 0 Å². The van der Waals surface area contributed by atoms with Crippen LogP contribution in [0.2, 0.25) is 0 Å². The molecule has 1 aliphatic heterocycles. The number of thioether (sulfide) groups is 1. The third kappa shape index (κ3) is 21.2. The zero-order valence-electron chi connectivity index (χ0n) is 40.8. The fourth-order valence-corrected chi connectivity index (χ4v) is 7.90. The van der Waals surface area contributed by atoms with Crippen molar-refractivity contribution in [2.24, 2.45) is 39.9 Å². The molecule has 0 aromatic rings. The van der Waals surface area contributed by atoms with Crippen molar-refractivity contribution in [3.05, 3.63) is 0 Å². The van der Waals surface area contributed by atoms with Crippen LogP contribution in [0, 0.1) is 17.8 Å². The third-order valence-corrected chi connectivity index (χ3v) is 11.9. The molecule has 0 aromatic carbocycles. The molecule has 10 atom stereocenters. The molecule has 0 bridgehead atoms. The van der Waals surface area contributed by atoms with E-state index in [9.17, 15) is 53.4 Å². The maximum atomic E-state index is 14.3. The van der Waals surface area contributed by atoms with Gasteiger partial charge in [0.25, 0.3) is 0 Å². The van der Waals surface area contributed by atoms with Gasteiger partial charge in [-0.15, -0.1) is 0 Å². The number of rotatable bonds is 30. The lowest BCUT2D eigenvalue weighted by atomic mass is 9.98. The van der Waals surface area contributed by atoms with Crippen LogP contribution in [0.4, 0.5) is 0 Å². The second kappa shape index (κ2) is 30.6. The van der Waals surface area contributed by atoms with Crippen molar-refractivity contribution in [1.29, 1.82) is 0 Å². The van der Waals surface area contributed by atoms with E-state index in [0.29, 0.717) is 18.6 Å². The number of hydrogen-bond donors (Lipinski definition) is 13. The molecule has 1 heterocycles. The van der Waals surface area contributed by atoms with Crippen molar-refractivity contribution in [3.8, 4) is 0 Å². The molecule has 1 saturated heterocycles. The van der Waals surface area contributed by atoms with E-state index in [0.717, 1.165) is 0 Å². The number of hydrogen-bond acceptors (Lipinski definition) is 14. The Bertz CT molecular complexity index is 1750. The second-order valence-corrected chi connectivity index (χ2v) is 19.6. The average molecular weight is 1000 g/mol. The number of amides is 8. The summed E-state index contributed by atoms with van der Waals surface area (Å²) < 4.78 is 0. The average Bonchev–Trinajstić information content (AvgIpc) is 3.75. The minimum atomic E-state index is -1.56. The van der Waals surface area contributed by atoms with Crippen LogP contribution in [0.15, 0.2) is 4.99 Å². The number of guanidine groups is 1. The predicted octanol–water partition coefficient (Wildman–Crippen LogP) is -2.33. The number of carboxylic acid groups (broad SMARTS) is 1. The number of nitrogens with two attached hydrogens (primary N) is 3. The Morgan fingerprint density at radius 2 is 1.26 bits per heavy atom. The molecule has 0 aromatic heterocycles. The summed E-state index contributed by atoms with van der Waals surface area (Å²) in [5.74, 6) is -7.48. The molecule has 0 saturated carbocycles. The van der Waals surface area contributed by atoms with Crippen molar-refractivity contribution in [2.75, 3.05) is 30.9 Å². The first-order chi connectivity index (χ1) is 31.7. The highest BCUT2D eigenvalue weighted by molar-refractivity contribution is 7.98. The maximum Gasteiger partial charge on any atom is 0.326 e. The van der Waals surface area contributed by atoms with E-state index in [-0.39, 0.29) is 68.7 Å². The molecule has 8 amide bonds. The highest BCUT2D eigenvalue weighted by Gasteiger charge is 2.41. The number of likely N-dealkylation sites (tertiary alicyclic amines) is 1. The first-order valence-electron chi connectivity index (χ1n) is 23.0. The van der Waals surface area contributed by atoms with Gasteiger partial charge < -0.3 is 69.5 Å². The minimum Gasteiger partial charge on any atom is -0.480 e. The Labute approximate surface area is 409 Å². The number of nitrogens with zero attached hydrogens (tertiary/aromatic N) is 2. The van der Waals surface area contributed by atoms with Crippen molar-refractivity contribution < 1.29 is 53.4 Å². The molecular formula is C43H78N12O11S2. The molecule has 1 rings (SSSR count). The van der Waals surface area contributed by atoms with Crippen LogP contribution in [0.3, 0.4) is 0 Å². The number of aliphatic hydroxyl groups excluding tert-OH is 1. The predicted molar refractivity (Wildman–Crippen MR) is 262 cm³/mol. The smallest absolute Gasteiger partial charge is 0.326 e. The molecule has 25 heteroatoms. The summed E-state index contributed by atoms with van der Waals surface area (Å²) in [5, 5.41) is 38.2. The summed E-state index contributed by atoms with van der Waals surface area (Å²) in [6.07, 6.45) is 1.91. The highest BCUT2D eigenvalue weighted by atomic mass is 32.2. The van der Waals surface area contributed by atoms with Gasteiger partial charge in [0.15, 0.2) is 5.96 Å². The number of aliphatic carboxylic acids is 1. The Kier molecular flexibility index (Phi) is 27.5. The number of aliphatic imine (C=N–C) groups is 1. The molecule has 1 aliphatic rings. The van der Waals surface area contributed by atoms with E-state index < -0.39 is 120 Å². The van der Waals surface area contributed by atoms with Crippen LogP contribution in [0.25, 0.3) is 0 Å². The summed E-state index contributed by atoms with van der Waals surface area (Å²) in [6, 6.07) is -10.7. The third-order valence-electron chi connectivity index (χ3n) is 10.9. The van der Waals surface area contributed by atoms with Gasteiger partial charge in [0.1, 0.15) is 48.3 Å². The van der Waals surface area contributed by atoms with Crippen LogP contribution in [-0.4, -0.2) is 166 Å². The second-order valence-electron chi connectivity index (χ2n) is 18.2. The van der Waals surface area contributed by atoms with E-state index in [4.69, 9.17) is 17.2 Å². The Morgan fingerprint density at radius 3 is 1.79 bits per heavy atom. The van der Waals surface area contributed by atoms with Crippen LogP contribution in [0.1, 0.15) is 100 Å². The fourth-order valence-electron chi connectivity index (χ4n) is 7.17. The molecule has 68 heavy (non-hydrogen) atoms.